The van der Waals surface area contributed by atoms with Gasteiger partial charge in [-0.3, -0.25) is 4.79 Å². The van der Waals surface area contributed by atoms with Crippen LogP contribution in [0.4, 0.5) is 0 Å². The lowest BCUT2D eigenvalue weighted by Crippen LogP contribution is -2.46. The fraction of sp³-hybridized carbons (Fsp3) is 0.500. The number of benzene rings is 1. The molecule has 0 bridgehead atoms. The van der Waals surface area contributed by atoms with Crippen molar-refractivity contribution >= 4 is 5.91 Å². The number of fused-ring (bicyclic) bond motifs is 1. The lowest BCUT2D eigenvalue weighted by molar-refractivity contribution is -0.134. The average Bonchev–Trinajstić information content (AvgIpc) is 2.81. The average molecular weight is 246 g/mol. The fourth-order valence-electron chi connectivity index (χ4n) is 2.82. The molecule has 1 aromatic carbocycles. The maximum Gasteiger partial charge on any atom is 0.240 e. The van der Waals surface area contributed by atoms with Crippen molar-refractivity contribution in [2.45, 2.75) is 38.4 Å². The van der Waals surface area contributed by atoms with E-state index in [1.807, 2.05) is 11.0 Å². The Hall–Kier alpha value is -1.55. The van der Waals surface area contributed by atoms with Crippen molar-refractivity contribution in [2.75, 3.05) is 6.54 Å². The van der Waals surface area contributed by atoms with E-state index in [9.17, 15) is 9.90 Å². The summed E-state index contributed by atoms with van der Waals surface area (Å²) < 4.78 is 0. The van der Waals surface area contributed by atoms with E-state index in [4.69, 9.17) is 0 Å². The Labute approximate surface area is 107 Å². The number of carbonyl (C=O) groups is 1. The van der Waals surface area contributed by atoms with Crippen molar-refractivity contribution in [1.29, 1.82) is 0 Å². The van der Waals surface area contributed by atoms with Crippen molar-refractivity contribution in [3.05, 3.63) is 29.3 Å². The molecule has 1 atom stereocenters. The van der Waals surface area contributed by atoms with Crippen LogP contribution in [0, 0.1) is 0 Å². The molecule has 0 aromatic heterocycles. The van der Waals surface area contributed by atoms with Gasteiger partial charge in [-0.2, -0.15) is 0 Å². The van der Waals surface area contributed by atoms with Gasteiger partial charge in [0.2, 0.25) is 5.91 Å². The highest BCUT2D eigenvalue weighted by Crippen LogP contribution is 2.27. The van der Waals surface area contributed by atoms with Gasteiger partial charge in [0, 0.05) is 13.1 Å². The Kier molecular flexibility index (Phi) is 2.96. The van der Waals surface area contributed by atoms with Crippen LogP contribution in [0.25, 0.3) is 0 Å². The maximum absolute atomic E-state index is 12.4. The zero-order valence-corrected chi connectivity index (χ0v) is 10.4. The summed E-state index contributed by atoms with van der Waals surface area (Å²) in [5, 5.41) is 12.7. The van der Waals surface area contributed by atoms with Gasteiger partial charge in [0.15, 0.2) is 0 Å². The first kappa shape index (κ1) is 11.5. The van der Waals surface area contributed by atoms with E-state index in [1.165, 1.54) is 0 Å². The van der Waals surface area contributed by atoms with Crippen LogP contribution < -0.4 is 5.32 Å². The van der Waals surface area contributed by atoms with E-state index in [-0.39, 0.29) is 17.7 Å². The van der Waals surface area contributed by atoms with E-state index >= 15 is 0 Å². The largest absolute Gasteiger partial charge is 0.508 e. The van der Waals surface area contributed by atoms with Crippen molar-refractivity contribution in [3.63, 3.8) is 0 Å². The number of phenols is 1. The first-order valence-electron chi connectivity index (χ1n) is 6.57. The predicted molar refractivity (Wildman–Crippen MR) is 68.0 cm³/mol. The van der Waals surface area contributed by atoms with Gasteiger partial charge >= 0.3 is 0 Å². The molecule has 1 saturated heterocycles. The molecule has 2 aliphatic heterocycles. The number of aromatic hydroxyl groups is 1. The number of nitrogens with zero attached hydrogens (tertiary/aromatic N) is 1. The minimum absolute atomic E-state index is 0.0124. The van der Waals surface area contributed by atoms with Crippen molar-refractivity contribution in [2.24, 2.45) is 0 Å². The first-order chi connectivity index (χ1) is 8.74. The second-order valence-electron chi connectivity index (χ2n) is 5.15. The number of piperidine rings is 1. The maximum atomic E-state index is 12.4. The van der Waals surface area contributed by atoms with Gasteiger partial charge in [-0.25, -0.2) is 0 Å². The molecular weight excluding hydrogens is 228 g/mol. The quantitative estimate of drug-likeness (QED) is 0.787. The van der Waals surface area contributed by atoms with E-state index < -0.39 is 0 Å². The van der Waals surface area contributed by atoms with Crippen LogP contribution in [-0.2, 0) is 17.9 Å². The van der Waals surface area contributed by atoms with Crippen LogP contribution in [0.1, 0.15) is 30.4 Å². The molecule has 96 valence electrons. The summed E-state index contributed by atoms with van der Waals surface area (Å²) in [5.41, 5.74) is 2.22. The van der Waals surface area contributed by atoms with Gasteiger partial charge in [0.05, 0.1) is 6.04 Å². The molecule has 0 radical (unpaired) electrons. The van der Waals surface area contributed by atoms with Gasteiger partial charge in [0.1, 0.15) is 5.75 Å². The first-order valence-corrected chi connectivity index (χ1v) is 6.57. The van der Waals surface area contributed by atoms with E-state index in [0.717, 1.165) is 36.9 Å². The monoisotopic (exact) mass is 246 g/mol. The second kappa shape index (κ2) is 4.61. The van der Waals surface area contributed by atoms with E-state index in [2.05, 4.69) is 5.32 Å². The molecule has 1 amide bonds. The highest BCUT2D eigenvalue weighted by atomic mass is 16.3. The molecule has 0 unspecified atom stereocenters. The van der Waals surface area contributed by atoms with Gasteiger partial charge in [-0.15, -0.1) is 0 Å². The van der Waals surface area contributed by atoms with Gasteiger partial charge < -0.3 is 15.3 Å². The van der Waals surface area contributed by atoms with Crippen LogP contribution in [0.5, 0.6) is 5.75 Å². The summed E-state index contributed by atoms with van der Waals surface area (Å²) in [6, 6.07) is 5.34. The lowest BCUT2D eigenvalue weighted by Gasteiger charge is -2.27. The topological polar surface area (TPSA) is 52.6 Å². The van der Waals surface area contributed by atoms with Gasteiger partial charge in [-0.05, 0) is 42.6 Å². The SMILES string of the molecule is O=C([C@@H]1CCCCN1)N1Cc2ccc(O)cc2C1. The normalized spacial score (nSPS) is 22.9. The fourth-order valence-corrected chi connectivity index (χ4v) is 2.82. The number of hydrogen-bond acceptors (Lipinski definition) is 3. The molecule has 0 aliphatic carbocycles. The Morgan fingerprint density at radius 3 is 2.89 bits per heavy atom. The summed E-state index contributed by atoms with van der Waals surface area (Å²) in [5.74, 6) is 0.476. The number of carbonyl (C=O) groups excluding carboxylic acids is 1. The van der Waals surface area contributed by atoms with E-state index in [1.54, 1.807) is 12.1 Å². The third-order valence-electron chi connectivity index (χ3n) is 3.83. The number of nitrogens with one attached hydrogen (secondary N) is 1. The summed E-state index contributed by atoms with van der Waals surface area (Å²) in [6.45, 7) is 2.24. The summed E-state index contributed by atoms with van der Waals surface area (Å²) in [4.78, 5) is 14.2. The molecule has 3 rings (SSSR count). The highest BCUT2D eigenvalue weighted by molar-refractivity contribution is 5.82. The molecule has 2 heterocycles. The van der Waals surface area contributed by atoms with Crippen molar-refractivity contribution in [3.8, 4) is 5.75 Å². The van der Waals surface area contributed by atoms with Crippen LogP contribution in [0.3, 0.4) is 0 Å². The number of amides is 1. The highest BCUT2D eigenvalue weighted by Gasteiger charge is 2.29. The predicted octanol–water partition coefficient (Wildman–Crippen LogP) is 1.38. The van der Waals surface area contributed by atoms with Crippen LogP contribution >= 0.6 is 0 Å². The van der Waals surface area contributed by atoms with Crippen LogP contribution in [0.2, 0.25) is 0 Å². The minimum Gasteiger partial charge on any atom is -0.508 e. The molecule has 4 nitrogen and oxygen atoms in total. The summed E-state index contributed by atoms with van der Waals surface area (Å²) in [6.07, 6.45) is 3.24. The molecule has 1 fully saturated rings. The minimum atomic E-state index is -0.0124. The third kappa shape index (κ3) is 2.08. The molecule has 0 saturated carbocycles. The zero-order chi connectivity index (χ0) is 12.5. The second-order valence-corrected chi connectivity index (χ2v) is 5.15. The smallest absolute Gasteiger partial charge is 0.240 e. The van der Waals surface area contributed by atoms with Crippen LogP contribution in [-0.4, -0.2) is 28.5 Å². The Balaban J connectivity index is 1.71. The van der Waals surface area contributed by atoms with Gasteiger partial charge in [-0.1, -0.05) is 12.5 Å². The third-order valence-corrected chi connectivity index (χ3v) is 3.83. The van der Waals surface area contributed by atoms with Crippen LogP contribution in [0.15, 0.2) is 18.2 Å². The lowest BCUT2D eigenvalue weighted by atomic mass is 10.0. The molecule has 2 N–H and O–H groups in total. The summed E-state index contributed by atoms with van der Waals surface area (Å²) >= 11 is 0. The molecule has 1 aromatic rings. The Morgan fingerprint density at radius 1 is 1.28 bits per heavy atom. The molecular formula is C14H18N2O2. The molecule has 4 heteroatoms. The standard InChI is InChI=1S/C14H18N2O2/c17-12-5-4-10-8-16(9-11(10)7-12)14(18)13-3-1-2-6-15-13/h4-5,7,13,15,17H,1-3,6,8-9H2/t13-/m0/s1. The Morgan fingerprint density at radius 2 is 2.11 bits per heavy atom. The van der Waals surface area contributed by atoms with E-state index in [0.29, 0.717) is 13.1 Å². The van der Waals surface area contributed by atoms with Crippen molar-refractivity contribution in [1.82, 2.24) is 10.2 Å². The molecule has 2 aliphatic rings. The summed E-state index contributed by atoms with van der Waals surface area (Å²) in [7, 11) is 0. The van der Waals surface area contributed by atoms with Crippen molar-refractivity contribution < 1.29 is 9.90 Å². The number of rotatable bonds is 1. The molecule has 0 spiro atoms. The Bertz CT molecular complexity index is 467. The number of phenolic OH excluding ortho intramolecular Hbond substituents is 1. The number of hydrogen-bond donors (Lipinski definition) is 2. The zero-order valence-electron chi connectivity index (χ0n) is 10.4. The molecule has 18 heavy (non-hydrogen) atoms. The van der Waals surface area contributed by atoms with Gasteiger partial charge in [0.25, 0.3) is 0 Å².